The Labute approximate surface area is 125 Å². The first kappa shape index (κ1) is 17.1. The molecular weight excluding hydrogens is 274 g/mol. The average molecular weight is 299 g/mol. The standard InChI is InChI=1S/C15H25NO3S/c1-4-6-13-11(5-2)9-14(20-13)15(18)16-8-7-12(17)10-19-3/h9,12,17H,4-8,10H2,1-3H3,(H,16,18). The van der Waals surface area contributed by atoms with Crippen LogP contribution >= 0.6 is 11.3 Å². The molecule has 0 saturated heterocycles. The Morgan fingerprint density at radius 3 is 2.85 bits per heavy atom. The van der Waals surface area contributed by atoms with Crippen molar-refractivity contribution in [1.29, 1.82) is 0 Å². The van der Waals surface area contributed by atoms with E-state index in [4.69, 9.17) is 4.74 Å². The highest BCUT2D eigenvalue weighted by molar-refractivity contribution is 7.14. The fourth-order valence-electron chi connectivity index (χ4n) is 2.03. The van der Waals surface area contributed by atoms with Gasteiger partial charge in [0.1, 0.15) is 0 Å². The molecule has 0 saturated carbocycles. The predicted octanol–water partition coefficient (Wildman–Crippen LogP) is 2.39. The molecule has 0 fully saturated rings. The van der Waals surface area contributed by atoms with Crippen LogP contribution in [0.25, 0.3) is 0 Å². The minimum absolute atomic E-state index is 0.0448. The lowest BCUT2D eigenvalue weighted by molar-refractivity contribution is 0.0588. The number of ether oxygens (including phenoxy) is 1. The zero-order chi connectivity index (χ0) is 15.0. The van der Waals surface area contributed by atoms with Crippen LogP contribution in [-0.4, -0.2) is 37.4 Å². The van der Waals surface area contributed by atoms with Crippen LogP contribution in [0.3, 0.4) is 0 Å². The third-order valence-electron chi connectivity index (χ3n) is 3.10. The number of nitrogens with one attached hydrogen (secondary N) is 1. The summed E-state index contributed by atoms with van der Waals surface area (Å²) in [4.78, 5) is 14.1. The number of thiophene rings is 1. The van der Waals surface area contributed by atoms with Gasteiger partial charge in [-0.05, 0) is 30.9 Å². The molecule has 0 bridgehead atoms. The number of amides is 1. The Hall–Kier alpha value is -0.910. The molecule has 4 nitrogen and oxygen atoms in total. The van der Waals surface area contributed by atoms with E-state index < -0.39 is 6.10 Å². The molecule has 114 valence electrons. The van der Waals surface area contributed by atoms with Crippen LogP contribution in [0.15, 0.2) is 6.07 Å². The summed E-state index contributed by atoms with van der Waals surface area (Å²) in [5.74, 6) is -0.0448. The lowest BCUT2D eigenvalue weighted by Crippen LogP contribution is -2.27. The minimum atomic E-state index is -0.523. The highest BCUT2D eigenvalue weighted by atomic mass is 32.1. The quantitative estimate of drug-likeness (QED) is 0.736. The van der Waals surface area contributed by atoms with E-state index in [9.17, 15) is 9.90 Å². The van der Waals surface area contributed by atoms with Crippen LogP contribution in [-0.2, 0) is 17.6 Å². The zero-order valence-electron chi connectivity index (χ0n) is 12.6. The lowest BCUT2D eigenvalue weighted by Gasteiger charge is -2.09. The Bertz CT molecular complexity index is 417. The largest absolute Gasteiger partial charge is 0.391 e. The first-order valence-electron chi connectivity index (χ1n) is 7.19. The fraction of sp³-hybridized carbons (Fsp3) is 0.667. The maximum atomic E-state index is 12.1. The lowest BCUT2D eigenvalue weighted by atomic mass is 10.1. The molecule has 1 rings (SSSR count). The predicted molar refractivity (Wildman–Crippen MR) is 82.5 cm³/mol. The Morgan fingerprint density at radius 1 is 1.50 bits per heavy atom. The van der Waals surface area contributed by atoms with Gasteiger partial charge in [0.15, 0.2) is 0 Å². The molecule has 1 atom stereocenters. The van der Waals surface area contributed by atoms with E-state index in [1.54, 1.807) is 18.4 Å². The van der Waals surface area contributed by atoms with E-state index in [0.29, 0.717) is 19.6 Å². The van der Waals surface area contributed by atoms with Gasteiger partial charge in [-0.3, -0.25) is 4.79 Å². The van der Waals surface area contributed by atoms with Gasteiger partial charge in [-0.1, -0.05) is 20.3 Å². The van der Waals surface area contributed by atoms with Crippen LogP contribution in [0, 0.1) is 0 Å². The molecule has 20 heavy (non-hydrogen) atoms. The molecule has 0 aliphatic rings. The number of aliphatic hydroxyl groups is 1. The number of hydrogen-bond donors (Lipinski definition) is 2. The van der Waals surface area contributed by atoms with E-state index in [0.717, 1.165) is 24.1 Å². The molecule has 2 N–H and O–H groups in total. The normalized spacial score (nSPS) is 12.4. The summed E-state index contributed by atoms with van der Waals surface area (Å²) in [6.07, 6.45) is 3.08. The van der Waals surface area contributed by atoms with Gasteiger partial charge in [0, 0.05) is 18.5 Å². The molecular formula is C15H25NO3S. The van der Waals surface area contributed by atoms with Gasteiger partial charge in [0.05, 0.1) is 17.6 Å². The summed E-state index contributed by atoms with van der Waals surface area (Å²) in [5, 5.41) is 12.4. The topological polar surface area (TPSA) is 58.6 Å². The van der Waals surface area contributed by atoms with E-state index >= 15 is 0 Å². The minimum Gasteiger partial charge on any atom is -0.391 e. The van der Waals surface area contributed by atoms with Gasteiger partial charge in [0.25, 0.3) is 5.91 Å². The van der Waals surface area contributed by atoms with Crippen molar-refractivity contribution in [3.63, 3.8) is 0 Å². The first-order valence-corrected chi connectivity index (χ1v) is 8.00. The average Bonchev–Trinajstić information content (AvgIpc) is 2.82. The van der Waals surface area contributed by atoms with E-state index in [-0.39, 0.29) is 5.91 Å². The molecule has 1 aromatic heterocycles. The molecule has 5 heteroatoms. The Morgan fingerprint density at radius 2 is 2.25 bits per heavy atom. The first-order chi connectivity index (χ1) is 9.62. The van der Waals surface area contributed by atoms with Gasteiger partial charge < -0.3 is 15.2 Å². The van der Waals surface area contributed by atoms with Crippen LogP contribution in [0.1, 0.15) is 46.8 Å². The highest BCUT2D eigenvalue weighted by Crippen LogP contribution is 2.24. The third kappa shape index (κ3) is 5.23. The summed E-state index contributed by atoms with van der Waals surface area (Å²) in [7, 11) is 1.55. The second kappa shape index (κ2) is 9.10. The zero-order valence-corrected chi connectivity index (χ0v) is 13.4. The van der Waals surface area contributed by atoms with Crippen molar-refractivity contribution in [1.82, 2.24) is 5.32 Å². The number of rotatable bonds is 9. The van der Waals surface area contributed by atoms with Crippen molar-refractivity contribution in [2.75, 3.05) is 20.3 Å². The molecule has 1 amide bonds. The maximum Gasteiger partial charge on any atom is 0.261 e. The number of hydrogen-bond acceptors (Lipinski definition) is 4. The number of aryl methyl sites for hydroxylation is 2. The smallest absolute Gasteiger partial charge is 0.261 e. The van der Waals surface area contributed by atoms with Gasteiger partial charge in [-0.25, -0.2) is 0 Å². The van der Waals surface area contributed by atoms with Crippen LogP contribution < -0.4 is 5.32 Å². The molecule has 0 aromatic carbocycles. The molecule has 0 aliphatic carbocycles. The number of carbonyl (C=O) groups is 1. The second-order valence-corrected chi connectivity index (χ2v) is 5.95. The van der Waals surface area contributed by atoms with Crippen molar-refractivity contribution < 1.29 is 14.6 Å². The van der Waals surface area contributed by atoms with Gasteiger partial charge in [0.2, 0.25) is 0 Å². The van der Waals surface area contributed by atoms with E-state index in [1.165, 1.54) is 10.4 Å². The van der Waals surface area contributed by atoms with Gasteiger partial charge >= 0.3 is 0 Å². The third-order valence-corrected chi connectivity index (χ3v) is 4.34. The summed E-state index contributed by atoms with van der Waals surface area (Å²) in [6.45, 7) is 5.03. The summed E-state index contributed by atoms with van der Waals surface area (Å²) >= 11 is 1.59. The molecule has 0 radical (unpaired) electrons. The van der Waals surface area contributed by atoms with Crippen LogP contribution in [0.5, 0.6) is 0 Å². The molecule has 0 aliphatic heterocycles. The van der Waals surface area contributed by atoms with Gasteiger partial charge in [-0.2, -0.15) is 0 Å². The maximum absolute atomic E-state index is 12.1. The summed E-state index contributed by atoms with van der Waals surface area (Å²) < 4.78 is 4.85. The van der Waals surface area contributed by atoms with Crippen LogP contribution in [0.4, 0.5) is 0 Å². The van der Waals surface area contributed by atoms with Crippen molar-refractivity contribution in [3.05, 3.63) is 21.4 Å². The summed E-state index contributed by atoms with van der Waals surface area (Å²) in [5.41, 5.74) is 1.28. The highest BCUT2D eigenvalue weighted by Gasteiger charge is 2.13. The Kier molecular flexibility index (Phi) is 7.80. The van der Waals surface area contributed by atoms with Crippen molar-refractivity contribution in [2.45, 2.75) is 45.6 Å². The van der Waals surface area contributed by atoms with Gasteiger partial charge in [-0.15, -0.1) is 11.3 Å². The Balaban J connectivity index is 2.50. The van der Waals surface area contributed by atoms with Crippen molar-refractivity contribution in [2.24, 2.45) is 0 Å². The van der Waals surface area contributed by atoms with Crippen molar-refractivity contribution in [3.8, 4) is 0 Å². The van der Waals surface area contributed by atoms with Crippen molar-refractivity contribution >= 4 is 17.2 Å². The molecule has 1 unspecified atom stereocenters. The fourth-order valence-corrected chi connectivity index (χ4v) is 3.30. The SMILES string of the molecule is CCCc1sc(C(=O)NCCC(O)COC)cc1CC. The number of methoxy groups -OCH3 is 1. The number of aliphatic hydroxyl groups excluding tert-OH is 1. The monoisotopic (exact) mass is 299 g/mol. The van der Waals surface area contributed by atoms with Crippen LogP contribution in [0.2, 0.25) is 0 Å². The summed E-state index contributed by atoms with van der Waals surface area (Å²) in [6, 6.07) is 2.00. The molecule has 0 spiro atoms. The molecule has 1 heterocycles. The number of carbonyl (C=O) groups excluding carboxylic acids is 1. The molecule has 1 aromatic rings. The van der Waals surface area contributed by atoms with E-state index in [2.05, 4.69) is 19.2 Å². The second-order valence-electron chi connectivity index (χ2n) is 4.82. The van der Waals surface area contributed by atoms with E-state index in [1.807, 2.05) is 6.07 Å².